The zero-order valence-corrected chi connectivity index (χ0v) is 13.1. The van der Waals surface area contributed by atoms with E-state index < -0.39 is 0 Å². The fourth-order valence-corrected chi connectivity index (χ4v) is 2.22. The summed E-state index contributed by atoms with van der Waals surface area (Å²) in [4.78, 5) is 2.20. The Balaban J connectivity index is 2.32. The Morgan fingerprint density at radius 3 is 2.72 bits per heavy atom. The summed E-state index contributed by atoms with van der Waals surface area (Å²) >= 11 is 3.53. The maximum atomic E-state index is 5.49. The van der Waals surface area contributed by atoms with Crippen molar-refractivity contribution in [2.45, 2.75) is 19.9 Å². The Hall–Kier alpha value is -0.580. The van der Waals surface area contributed by atoms with Crippen LogP contribution in [0.15, 0.2) is 22.7 Å². The van der Waals surface area contributed by atoms with E-state index in [-0.39, 0.29) is 0 Å². The minimum atomic E-state index is 0.695. The van der Waals surface area contributed by atoms with Crippen LogP contribution in [0.3, 0.4) is 0 Å². The molecule has 0 heterocycles. The van der Waals surface area contributed by atoms with Gasteiger partial charge in [-0.2, -0.15) is 0 Å². The van der Waals surface area contributed by atoms with Crippen LogP contribution in [0.2, 0.25) is 0 Å². The van der Waals surface area contributed by atoms with Crippen molar-refractivity contribution < 1.29 is 4.74 Å². The van der Waals surface area contributed by atoms with Gasteiger partial charge in [-0.3, -0.25) is 0 Å². The van der Waals surface area contributed by atoms with Crippen LogP contribution in [-0.2, 0) is 6.54 Å². The number of hydrogen-bond donors (Lipinski definition) is 1. The number of rotatable bonds is 8. The lowest BCUT2D eigenvalue weighted by Gasteiger charge is -2.11. The van der Waals surface area contributed by atoms with Gasteiger partial charge in [0, 0.05) is 6.54 Å². The molecule has 0 aliphatic carbocycles. The number of nitrogens with zero attached hydrogens (tertiary/aromatic N) is 1. The Bertz CT molecular complexity index is 356. The average molecular weight is 315 g/mol. The van der Waals surface area contributed by atoms with Gasteiger partial charge >= 0.3 is 0 Å². The normalized spacial score (nSPS) is 10.9. The van der Waals surface area contributed by atoms with Crippen molar-refractivity contribution >= 4 is 15.9 Å². The van der Waals surface area contributed by atoms with E-state index in [9.17, 15) is 0 Å². The van der Waals surface area contributed by atoms with Crippen molar-refractivity contribution in [1.29, 1.82) is 0 Å². The van der Waals surface area contributed by atoms with Gasteiger partial charge in [0.15, 0.2) is 0 Å². The molecule has 0 amide bonds. The SMILES string of the molecule is CCOc1ccc(CNCCCN(C)C)cc1Br. The number of ether oxygens (including phenoxy) is 1. The largest absolute Gasteiger partial charge is 0.493 e. The van der Waals surface area contributed by atoms with Crippen molar-refractivity contribution in [2.75, 3.05) is 33.8 Å². The third-order valence-corrected chi connectivity index (χ3v) is 3.20. The third-order valence-electron chi connectivity index (χ3n) is 2.58. The highest BCUT2D eigenvalue weighted by atomic mass is 79.9. The monoisotopic (exact) mass is 314 g/mol. The second-order valence-corrected chi connectivity index (χ2v) is 5.39. The molecule has 0 unspecified atom stereocenters. The summed E-state index contributed by atoms with van der Waals surface area (Å²) in [6.45, 7) is 5.76. The predicted octanol–water partition coefficient (Wildman–Crippen LogP) is 2.89. The first-order chi connectivity index (χ1) is 8.63. The summed E-state index contributed by atoms with van der Waals surface area (Å²) in [5.74, 6) is 0.911. The van der Waals surface area contributed by atoms with E-state index in [1.165, 1.54) is 12.0 Å². The third kappa shape index (κ3) is 5.85. The molecular weight excluding hydrogens is 292 g/mol. The van der Waals surface area contributed by atoms with Gasteiger partial charge in [0.05, 0.1) is 11.1 Å². The molecule has 18 heavy (non-hydrogen) atoms. The van der Waals surface area contributed by atoms with E-state index in [0.29, 0.717) is 6.61 Å². The van der Waals surface area contributed by atoms with Crippen LogP contribution in [0.4, 0.5) is 0 Å². The summed E-state index contributed by atoms with van der Waals surface area (Å²) in [6, 6.07) is 6.24. The molecule has 0 spiro atoms. The molecule has 1 aromatic rings. The predicted molar refractivity (Wildman–Crippen MR) is 80.2 cm³/mol. The van der Waals surface area contributed by atoms with Crippen LogP contribution < -0.4 is 10.1 Å². The van der Waals surface area contributed by atoms with Crippen LogP contribution in [0.1, 0.15) is 18.9 Å². The summed E-state index contributed by atoms with van der Waals surface area (Å²) in [6.07, 6.45) is 1.17. The lowest BCUT2D eigenvalue weighted by atomic mass is 10.2. The highest BCUT2D eigenvalue weighted by Crippen LogP contribution is 2.25. The highest BCUT2D eigenvalue weighted by molar-refractivity contribution is 9.10. The van der Waals surface area contributed by atoms with Crippen molar-refractivity contribution in [3.8, 4) is 5.75 Å². The highest BCUT2D eigenvalue weighted by Gasteiger charge is 2.01. The first-order valence-electron chi connectivity index (χ1n) is 6.40. The molecule has 0 aliphatic rings. The smallest absolute Gasteiger partial charge is 0.133 e. The molecule has 0 aliphatic heterocycles. The summed E-state index contributed by atoms with van der Waals surface area (Å²) in [7, 11) is 4.20. The maximum absolute atomic E-state index is 5.49. The minimum absolute atomic E-state index is 0.695. The Morgan fingerprint density at radius 1 is 1.33 bits per heavy atom. The second kappa shape index (κ2) is 8.51. The summed E-state index contributed by atoms with van der Waals surface area (Å²) in [5.41, 5.74) is 1.27. The van der Waals surface area contributed by atoms with Crippen LogP contribution in [0, 0.1) is 0 Å². The zero-order valence-electron chi connectivity index (χ0n) is 11.5. The topological polar surface area (TPSA) is 24.5 Å². The second-order valence-electron chi connectivity index (χ2n) is 4.53. The number of halogens is 1. The lowest BCUT2D eigenvalue weighted by Crippen LogP contribution is -2.21. The molecule has 0 saturated carbocycles. The quantitative estimate of drug-likeness (QED) is 0.747. The molecule has 0 bridgehead atoms. The van der Waals surface area contributed by atoms with Crippen molar-refractivity contribution in [3.63, 3.8) is 0 Å². The molecule has 1 aromatic carbocycles. The molecule has 0 saturated heterocycles. The molecule has 4 heteroatoms. The van der Waals surface area contributed by atoms with E-state index in [1.807, 2.05) is 13.0 Å². The van der Waals surface area contributed by atoms with Crippen LogP contribution in [-0.4, -0.2) is 38.7 Å². The molecule has 1 rings (SSSR count). The van der Waals surface area contributed by atoms with Crippen LogP contribution in [0.5, 0.6) is 5.75 Å². The Kier molecular flexibility index (Phi) is 7.32. The van der Waals surface area contributed by atoms with Crippen molar-refractivity contribution in [1.82, 2.24) is 10.2 Å². The first-order valence-corrected chi connectivity index (χ1v) is 7.19. The maximum Gasteiger partial charge on any atom is 0.133 e. The van der Waals surface area contributed by atoms with E-state index in [1.54, 1.807) is 0 Å². The molecule has 0 radical (unpaired) electrons. The van der Waals surface area contributed by atoms with E-state index in [4.69, 9.17) is 4.74 Å². The van der Waals surface area contributed by atoms with Gasteiger partial charge in [0.2, 0.25) is 0 Å². The number of benzene rings is 1. The van der Waals surface area contributed by atoms with Gasteiger partial charge in [0.1, 0.15) is 5.75 Å². The number of hydrogen-bond acceptors (Lipinski definition) is 3. The van der Waals surface area contributed by atoms with Crippen molar-refractivity contribution in [2.24, 2.45) is 0 Å². The van der Waals surface area contributed by atoms with Gasteiger partial charge in [-0.1, -0.05) is 6.07 Å². The summed E-state index contributed by atoms with van der Waals surface area (Å²) < 4.78 is 6.51. The zero-order chi connectivity index (χ0) is 13.4. The van der Waals surface area contributed by atoms with E-state index in [0.717, 1.165) is 29.9 Å². The van der Waals surface area contributed by atoms with E-state index >= 15 is 0 Å². The van der Waals surface area contributed by atoms with E-state index in [2.05, 4.69) is 52.4 Å². The van der Waals surface area contributed by atoms with Crippen LogP contribution >= 0.6 is 15.9 Å². The minimum Gasteiger partial charge on any atom is -0.493 e. The Morgan fingerprint density at radius 2 is 2.11 bits per heavy atom. The molecule has 0 aromatic heterocycles. The van der Waals surface area contributed by atoms with Crippen molar-refractivity contribution in [3.05, 3.63) is 28.2 Å². The molecular formula is C14H23BrN2O. The van der Waals surface area contributed by atoms with Gasteiger partial charge < -0.3 is 15.0 Å². The van der Waals surface area contributed by atoms with Crippen LogP contribution in [0.25, 0.3) is 0 Å². The van der Waals surface area contributed by atoms with Gasteiger partial charge in [-0.25, -0.2) is 0 Å². The van der Waals surface area contributed by atoms with Gasteiger partial charge in [-0.05, 0) is 74.2 Å². The fourth-order valence-electron chi connectivity index (χ4n) is 1.68. The van der Waals surface area contributed by atoms with Gasteiger partial charge in [-0.15, -0.1) is 0 Å². The Labute approximate surface area is 119 Å². The fraction of sp³-hybridized carbons (Fsp3) is 0.571. The lowest BCUT2D eigenvalue weighted by molar-refractivity contribution is 0.338. The number of nitrogens with one attached hydrogen (secondary N) is 1. The molecule has 102 valence electrons. The standard InChI is InChI=1S/C14H23BrN2O/c1-4-18-14-7-6-12(10-13(14)15)11-16-8-5-9-17(2)3/h6-7,10,16H,4-5,8-9,11H2,1-3H3. The first kappa shape index (κ1) is 15.5. The molecule has 3 nitrogen and oxygen atoms in total. The van der Waals surface area contributed by atoms with Gasteiger partial charge in [0.25, 0.3) is 0 Å². The molecule has 0 fully saturated rings. The molecule has 1 N–H and O–H groups in total. The summed E-state index contributed by atoms with van der Waals surface area (Å²) in [5, 5.41) is 3.45. The average Bonchev–Trinajstić information content (AvgIpc) is 2.32. The molecule has 0 atom stereocenters.